The van der Waals surface area contributed by atoms with Crippen LogP contribution in [0.25, 0.3) is 0 Å². The highest BCUT2D eigenvalue weighted by Gasteiger charge is 2.28. The van der Waals surface area contributed by atoms with Crippen LogP contribution in [-0.4, -0.2) is 55.7 Å². The molecule has 2 heterocycles. The fraction of sp³-hybridized carbons (Fsp3) is 0.480. The average molecular weight is 476 g/mol. The number of alkyl halides is 2. The first-order chi connectivity index (χ1) is 16.5. The zero-order valence-corrected chi connectivity index (χ0v) is 20.2. The second kappa shape index (κ2) is 14.4. The molecule has 1 saturated heterocycles. The van der Waals surface area contributed by atoms with Gasteiger partial charge < -0.3 is 14.5 Å². The summed E-state index contributed by atoms with van der Waals surface area (Å²) in [5.41, 5.74) is 4.59. The monoisotopic (exact) mass is 475 g/mol. The number of likely N-dealkylation sites (tertiary alicyclic amines) is 1. The highest BCUT2D eigenvalue weighted by molar-refractivity contribution is 5.95. The Hall–Kier alpha value is -2.91. The number of carbonyl (C=O) groups is 1. The molecular formula is C25H35F2N5O2. The van der Waals surface area contributed by atoms with Crippen LogP contribution >= 0.6 is 0 Å². The molecule has 34 heavy (non-hydrogen) atoms. The lowest BCUT2D eigenvalue weighted by Gasteiger charge is -2.32. The second-order valence-corrected chi connectivity index (χ2v) is 7.81. The number of hydrogen-bond acceptors (Lipinski definition) is 6. The van der Waals surface area contributed by atoms with Gasteiger partial charge in [-0.2, -0.15) is 5.10 Å². The van der Waals surface area contributed by atoms with Crippen LogP contribution in [0, 0.1) is 5.92 Å². The molecule has 1 aliphatic heterocycles. The summed E-state index contributed by atoms with van der Waals surface area (Å²) in [6.45, 7) is 8.69. The first-order valence-electron chi connectivity index (χ1n) is 11.6. The topological polar surface area (TPSA) is 70.1 Å². The molecule has 1 atom stereocenters. The number of ether oxygens (including phenoxy) is 1. The summed E-state index contributed by atoms with van der Waals surface area (Å²) in [7, 11) is 2.07. The van der Waals surface area contributed by atoms with Crippen LogP contribution in [0.5, 0.6) is 0 Å². The Labute approximate surface area is 200 Å². The van der Waals surface area contributed by atoms with Gasteiger partial charge in [-0.05, 0) is 51.2 Å². The van der Waals surface area contributed by atoms with Gasteiger partial charge in [-0.15, -0.1) is 0 Å². The zero-order valence-electron chi connectivity index (χ0n) is 20.2. The number of piperidine rings is 1. The summed E-state index contributed by atoms with van der Waals surface area (Å²) in [6, 6.07) is 13.0. The van der Waals surface area contributed by atoms with Gasteiger partial charge in [0.2, 0.25) is 5.91 Å². The van der Waals surface area contributed by atoms with Gasteiger partial charge >= 0.3 is 0 Å². The molecule has 186 valence electrons. The van der Waals surface area contributed by atoms with Crippen LogP contribution in [0.2, 0.25) is 0 Å². The number of halogens is 2. The van der Waals surface area contributed by atoms with Gasteiger partial charge in [0.25, 0.3) is 6.43 Å². The van der Waals surface area contributed by atoms with Crippen molar-refractivity contribution in [3.63, 3.8) is 0 Å². The minimum Gasteiger partial charge on any atom is -0.347 e. The fourth-order valence-electron chi connectivity index (χ4n) is 3.69. The van der Waals surface area contributed by atoms with Gasteiger partial charge in [-0.1, -0.05) is 38.1 Å². The van der Waals surface area contributed by atoms with Crippen molar-refractivity contribution in [2.45, 2.75) is 45.9 Å². The van der Waals surface area contributed by atoms with E-state index in [0.29, 0.717) is 17.8 Å². The number of para-hydroxylation sites is 1. The first-order valence-corrected chi connectivity index (χ1v) is 11.6. The maximum atomic E-state index is 13.4. The molecule has 0 saturated carbocycles. The summed E-state index contributed by atoms with van der Waals surface area (Å²) in [5, 5.41) is 3.53. The Morgan fingerprint density at radius 3 is 2.47 bits per heavy atom. The lowest BCUT2D eigenvalue weighted by atomic mass is 9.95. The number of hydrogen-bond donors (Lipinski definition) is 1. The molecule has 3 rings (SSSR count). The molecular weight excluding hydrogens is 440 g/mol. The molecule has 0 spiro atoms. The summed E-state index contributed by atoms with van der Waals surface area (Å²) >= 11 is 0. The van der Waals surface area contributed by atoms with Crippen molar-refractivity contribution >= 4 is 18.3 Å². The molecule has 1 fully saturated rings. The van der Waals surface area contributed by atoms with Crippen LogP contribution in [-0.2, 0) is 16.1 Å². The molecule has 0 radical (unpaired) electrons. The maximum absolute atomic E-state index is 13.4. The molecule has 0 aliphatic carbocycles. The number of hydrazone groups is 1. The largest absolute Gasteiger partial charge is 0.347 e. The van der Waals surface area contributed by atoms with Gasteiger partial charge in [-0.3, -0.25) is 15.2 Å². The predicted molar refractivity (Wildman–Crippen MR) is 131 cm³/mol. The number of aromatic nitrogens is 1. The van der Waals surface area contributed by atoms with E-state index < -0.39 is 19.3 Å². The molecule has 2 aromatic rings. The van der Waals surface area contributed by atoms with Crippen molar-refractivity contribution in [2.75, 3.05) is 31.6 Å². The number of nitrogens with one attached hydrogen (secondary N) is 1. The van der Waals surface area contributed by atoms with Crippen molar-refractivity contribution in [1.29, 1.82) is 0 Å². The minimum atomic E-state index is -2.60. The summed E-state index contributed by atoms with van der Waals surface area (Å²) < 4.78 is 30.2. The van der Waals surface area contributed by atoms with Crippen LogP contribution in [0.1, 0.15) is 44.2 Å². The quantitative estimate of drug-likeness (QED) is 0.312. The van der Waals surface area contributed by atoms with Crippen LogP contribution < -0.4 is 10.3 Å². The predicted octanol–water partition coefficient (Wildman–Crippen LogP) is 4.47. The molecule has 1 unspecified atom stereocenters. The van der Waals surface area contributed by atoms with E-state index in [9.17, 15) is 13.6 Å². The minimum absolute atomic E-state index is 0.0272. The van der Waals surface area contributed by atoms with Crippen molar-refractivity contribution in [3.8, 4) is 0 Å². The van der Waals surface area contributed by atoms with Crippen LogP contribution in [0.3, 0.4) is 0 Å². The standard InChI is InChI=1S/C23H29F2N5O2.C2H6/c1-26-28-22(32-16-21(24)25)18-8-9-19(27-14-18)15-30(20-6-4-3-5-7-20)23(31)17-10-12-29(2)13-11-17;1-2/h3-9,14,17,21-22,28H,1,10-13,15-16H2,2H3;1-2H3. The highest BCUT2D eigenvalue weighted by atomic mass is 19.3. The molecule has 1 aromatic carbocycles. The fourth-order valence-corrected chi connectivity index (χ4v) is 3.69. The highest BCUT2D eigenvalue weighted by Crippen LogP contribution is 2.25. The Balaban J connectivity index is 0.00000199. The van der Waals surface area contributed by atoms with E-state index in [1.54, 1.807) is 17.0 Å². The van der Waals surface area contributed by atoms with Crippen molar-refractivity contribution < 1.29 is 18.3 Å². The average Bonchev–Trinajstić information content (AvgIpc) is 2.87. The number of pyridine rings is 1. The molecule has 9 heteroatoms. The lowest BCUT2D eigenvalue weighted by molar-refractivity contribution is -0.123. The van der Waals surface area contributed by atoms with Gasteiger partial charge in [-0.25, -0.2) is 8.78 Å². The molecule has 1 N–H and O–H groups in total. The lowest BCUT2D eigenvalue weighted by Crippen LogP contribution is -2.41. The van der Waals surface area contributed by atoms with Crippen LogP contribution in [0.4, 0.5) is 14.5 Å². The summed E-state index contributed by atoms with van der Waals surface area (Å²) in [4.78, 5) is 21.8. The number of nitrogens with zero attached hydrogens (tertiary/aromatic N) is 4. The van der Waals surface area contributed by atoms with E-state index in [1.165, 1.54) is 6.20 Å². The second-order valence-electron chi connectivity index (χ2n) is 7.81. The Kier molecular flexibility index (Phi) is 11.6. The van der Waals surface area contributed by atoms with Gasteiger partial charge in [0.05, 0.1) is 12.2 Å². The third kappa shape index (κ3) is 8.14. The number of anilines is 1. The third-order valence-corrected chi connectivity index (χ3v) is 5.47. The number of amides is 1. The maximum Gasteiger partial charge on any atom is 0.261 e. The van der Waals surface area contributed by atoms with Gasteiger partial charge in [0.15, 0.2) is 6.23 Å². The zero-order chi connectivity index (χ0) is 24.9. The molecule has 1 aliphatic rings. The van der Waals surface area contributed by atoms with E-state index in [1.807, 2.05) is 44.2 Å². The summed E-state index contributed by atoms with van der Waals surface area (Å²) in [6.07, 6.45) is -0.286. The molecule has 0 bridgehead atoms. The van der Waals surface area contributed by atoms with Gasteiger partial charge in [0.1, 0.15) is 6.61 Å². The first kappa shape index (κ1) is 27.3. The molecule has 1 amide bonds. The smallest absolute Gasteiger partial charge is 0.261 e. The van der Waals surface area contributed by atoms with Crippen molar-refractivity contribution in [2.24, 2.45) is 11.0 Å². The van der Waals surface area contributed by atoms with Crippen molar-refractivity contribution in [1.82, 2.24) is 15.3 Å². The third-order valence-electron chi connectivity index (χ3n) is 5.47. The summed E-state index contributed by atoms with van der Waals surface area (Å²) in [5.74, 6) is 0.0616. The Bertz CT molecular complexity index is 859. The van der Waals surface area contributed by atoms with Crippen molar-refractivity contribution in [3.05, 3.63) is 59.9 Å². The van der Waals surface area contributed by atoms with Gasteiger partial charge in [0, 0.05) is 30.1 Å². The SMILES string of the molecule is C=NNC(OCC(F)F)c1ccc(CN(C(=O)C2CCN(C)CC2)c2ccccc2)nc1.CC. The van der Waals surface area contributed by atoms with Crippen LogP contribution in [0.15, 0.2) is 53.8 Å². The van der Waals surface area contributed by atoms with E-state index in [2.05, 4.69) is 34.2 Å². The van der Waals surface area contributed by atoms with E-state index >= 15 is 0 Å². The number of carbonyl (C=O) groups excluding carboxylic acids is 1. The normalized spacial score (nSPS) is 15.2. The Morgan fingerprint density at radius 1 is 1.24 bits per heavy atom. The number of benzene rings is 1. The molecule has 7 nitrogen and oxygen atoms in total. The number of rotatable bonds is 10. The van der Waals surface area contributed by atoms with E-state index in [0.717, 1.165) is 31.6 Å². The van der Waals surface area contributed by atoms with E-state index in [4.69, 9.17) is 4.74 Å². The van der Waals surface area contributed by atoms with E-state index in [-0.39, 0.29) is 11.8 Å². The Morgan fingerprint density at radius 2 is 1.91 bits per heavy atom. The molecule has 1 aromatic heterocycles.